The summed E-state index contributed by atoms with van der Waals surface area (Å²) in [5.74, 6) is -3.29. The van der Waals surface area contributed by atoms with E-state index in [-0.39, 0.29) is 16.8 Å². The number of nitrogens with two attached hydrogens (primary N) is 1. The van der Waals surface area contributed by atoms with Gasteiger partial charge in [-0.05, 0) is 18.2 Å². The topological polar surface area (TPSA) is 137 Å². The normalized spacial score (nSPS) is 10.9. The number of hydrogen-bond donors (Lipinski definition) is 2. The number of carbonyl (C=O) groups is 3. The minimum Gasteiger partial charge on any atom is -0.479 e. The Kier molecular flexibility index (Phi) is 6.36. The van der Waals surface area contributed by atoms with Crippen molar-refractivity contribution in [1.29, 1.82) is 0 Å². The first-order chi connectivity index (χ1) is 14.4. The van der Waals surface area contributed by atoms with Crippen molar-refractivity contribution in [3.63, 3.8) is 0 Å². The number of aliphatic carboxylic acids is 1. The van der Waals surface area contributed by atoms with Crippen LogP contribution in [0.2, 0.25) is 0 Å². The molecule has 0 aliphatic carbocycles. The number of carbonyl (C=O) groups excluding carboxylic acids is 2. The molecular formula is C20H20N4O5S. The third-order valence-corrected chi connectivity index (χ3v) is 4.99. The number of aromatic nitrogens is 3. The first-order valence-corrected chi connectivity index (χ1v) is 10.3. The van der Waals surface area contributed by atoms with Crippen LogP contribution in [0.4, 0.5) is 0 Å². The molecule has 0 fully saturated rings. The molecule has 3 aromatic rings. The van der Waals surface area contributed by atoms with E-state index in [1.807, 2.05) is 41.8 Å². The fourth-order valence-electron chi connectivity index (χ4n) is 3.23. The summed E-state index contributed by atoms with van der Waals surface area (Å²) in [5, 5.41) is 9.55. The highest BCUT2D eigenvalue weighted by atomic mass is 32.2. The molecule has 0 bridgehead atoms. The van der Waals surface area contributed by atoms with Crippen molar-refractivity contribution in [2.75, 3.05) is 12.9 Å². The molecular weight excluding hydrogens is 408 g/mol. The van der Waals surface area contributed by atoms with Gasteiger partial charge < -0.3 is 20.1 Å². The fraction of sp³-hybridized carbons (Fsp3) is 0.250. The number of thioether (sulfide) groups is 1. The van der Waals surface area contributed by atoms with Crippen molar-refractivity contribution < 1.29 is 24.2 Å². The van der Waals surface area contributed by atoms with Gasteiger partial charge >= 0.3 is 5.97 Å². The molecule has 1 aromatic carbocycles. The van der Waals surface area contributed by atoms with E-state index in [0.29, 0.717) is 29.5 Å². The molecule has 0 aliphatic rings. The Morgan fingerprint density at radius 1 is 1.20 bits per heavy atom. The monoisotopic (exact) mass is 428 g/mol. The number of nitrogens with zero attached hydrogens (tertiary/aromatic N) is 3. The molecule has 10 heteroatoms. The van der Waals surface area contributed by atoms with Gasteiger partial charge in [0.25, 0.3) is 11.7 Å². The number of hydrogen-bond acceptors (Lipinski definition) is 7. The number of carboxylic acids is 1. The Morgan fingerprint density at radius 2 is 1.90 bits per heavy atom. The minimum absolute atomic E-state index is 0.0453. The number of benzene rings is 1. The number of Topliss-reactive ketones (excluding diaryl/α,β-unsaturated/α-hetero) is 1. The van der Waals surface area contributed by atoms with E-state index in [1.54, 1.807) is 6.26 Å². The van der Waals surface area contributed by atoms with Gasteiger partial charge in [-0.25, -0.2) is 9.78 Å². The van der Waals surface area contributed by atoms with E-state index >= 15 is 0 Å². The van der Waals surface area contributed by atoms with Crippen molar-refractivity contribution in [2.24, 2.45) is 5.73 Å². The summed E-state index contributed by atoms with van der Waals surface area (Å²) < 4.78 is 7.19. The Hall–Kier alpha value is -3.40. The second-order valence-corrected chi connectivity index (χ2v) is 7.11. The van der Waals surface area contributed by atoms with Crippen LogP contribution in [0.3, 0.4) is 0 Å². The highest BCUT2D eigenvalue weighted by Crippen LogP contribution is 2.34. The van der Waals surface area contributed by atoms with Crippen LogP contribution in [-0.2, 0) is 22.6 Å². The average molecular weight is 428 g/mol. The van der Waals surface area contributed by atoms with E-state index in [1.165, 1.54) is 11.8 Å². The van der Waals surface area contributed by atoms with Gasteiger partial charge in [0.05, 0.1) is 10.9 Å². The van der Waals surface area contributed by atoms with Gasteiger partial charge in [0.2, 0.25) is 5.88 Å². The molecule has 156 valence electrons. The van der Waals surface area contributed by atoms with Crippen LogP contribution in [0, 0.1) is 0 Å². The maximum Gasteiger partial charge on any atom is 0.341 e. The molecule has 30 heavy (non-hydrogen) atoms. The van der Waals surface area contributed by atoms with E-state index in [0.717, 1.165) is 5.56 Å². The van der Waals surface area contributed by atoms with Crippen molar-refractivity contribution in [1.82, 2.24) is 14.5 Å². The van der Waals surface area contributed by atoms with Crippen LogP contribution in [0.5, 0.6) is 5.88 Å². The zero-order chi connectivity index (χ0) is 21.8. The predicted molar refractivity (Wildman–Crippen MR) is 111 cm³/mol. The van der Waals surface area contributed by atoms with Gasteiger partial charge in [-0.2, -0.15) is 4.98 Å². The van der Waals surface area contributed by atoms with Crippen LogP contribution >= 0.6 is 11.8 Å². The standard InChI is InChI=1S/C20H20N4O5S/c1-3-12-14(16(27)17(21)28)15-18(24(12)9-11-7-5-4-6-8-11)22-20(30-2)23-19(15)29-10-13(25)26/h4-8H,3,9-10H2,1-2H3,(H2,21,28)(H,25,26). The molecule has 1 amide bonds. The summed E-state index contributed by atoms with van der Waals surface area (Å²) in [5.41, 5.74) is 7.22. The number of primary amides is 1. The Balaban J connectivity index is 2.35. The molecule has 9 nitrogen and oxygen atoms in total. The van der Waals surface area contributed by atoms with Gasteiger partial charge in [-0.15, -0.1) is 0 Å². The summed E-state index contributed by atoms with van der Waals surface area (Å²) >= 11 is 1.24. The predicted octanol–water partition coefficient (Wildman–Crippen LogP) is 1.90. The van der Waals surface area contributed by atoms with Crippen LogP contribution < -0.4 is 10.5 Å². The van der Waals surface area contributed by atoms with Gasteiger partial charge in [-0.1, -0.05) is 49.0 Å². The minimum atomic E-state index is -1.20. The number of amides is 1. The summed E-state index contributed by atoms with van der Waals surface area (Å²) in [6.45, 7) is 1.57. The van der Waals surface area contributed by atoms with Crippen LogP contribution in [0.1, 0.15) is 28.5 Å². The van der Waals surface area contributed by atoms with Crippen molar-refractivity contribution in [3.05, 3.63) is 47.2 Å². The number of rotatable bonds is 9. The summed E-state index contributed by atoms with van der Waals surface area (Å²) in [6.07, 6.45) is 2.17. The number of carboxylic acid groups (broad SMARTS) is 1. The van der Waals surface area contributed by atoms with Crippen molar-refractivity contribution in [3.8, 4) is 5.88 Å². The van der Waals surface area contributed by atoms with Gasteiger partial charge in [0, 0.05) is 12.2 Å². The second-order valence-electron chi connectivity index (χ2n) is 6.34. The second kappa shape index (κ2) is 8.95. The summed E-state index contributed by atoms with van der Waals surface area (Å²) in [7, 11) is 0. The fourth-order valence-corrected chi connectivity index (χ4v) is 3.58. The lowest BCUT2D eigenvalue weighted by molar-refractivity contribution is -0.139. The molecule has 3 N–H and O–H groups in total. The molecule has 0 unspecified atom stereocenters. The lowest BCUT2D eigenvalue weighted by Gasteiger charge is -2.10. The molecule has 2 heterocycles. The first-order valence-electron chi connectivity index (χ1n) is 9.07. The van der Waals surface area contributed by atoms with Crippen LogP contribution in [-0.4, -0.2) is 50.2 Å². The highest BCUT2D eigenvalue weighted by Gasteiger charge is 2.29. The third-order valence-electron chi connectivity index (χ3n) is 4.44. The maximum atomic E-state index is 12.7. The summed E-state index contributed by atoms with van der Waals surface area (Å²) in [4.78, 5) is 44.3. The number of ether oxygens (including phenoxy) is 1. The van der Waals surface area contributed by atoms with Crippen LogP contribution in [0.25, 0.3) is 11.0 Å². The molecule has 3 rings (SSSR count). The van der Waals surface area contributed by atoms with Gasteiger partial charge in [0.1, 0.15) is 5.65 Å². The van der Waals surface area contributed by atoms with Crippen LogP contribution in [0.15, 0.2) is 35.5 Å². The molecule has 0 atom stereocenters. The van der Waals surface area contributed by atoms with E-state index in [2.05, 4.69) is 9.97 Å². The molecule has 2 aromatic heterocycles. The van der Waals surface area contributed by atoms with E-state index in [4.69, 9.17) is 15.6 Å². The average Bonchev–Trinajstić information content (AvgIpc) is 3.05. The van der Waals surface area contributed by atoms with E-state index < -0.39 is 24.3 Å². The zero-order valence-corrected chi connectivity index (χ0v) is 17.2. The Bertz CT molecular complexity index is 1130. The molecule has 0 spiro atoms. The maximum absolute atomic E-state index is 12.7. The molecule has 0 radical (unpaired) electrons. The lowest BCUT2D eigenvalue weighted by atomic mass is 10.1. The quantitative estimate of drug-likeness (QED) is 0.228. The number of ketones is 1. The summed E-state index contributed by atoms with van der Waals surface area (Å²) in [6, 6.07) is 9.54. The third kappa shape index (κ3) is 4.13. The Morgan fingerprint density at radius 3 is 2.47 bits per heavy atom. The zero-order valence-electron chi connectivity index (χ0n) is 16.4. The highest BCUT2D eigenvalue weighted by molar-refractivity contribution is 7.98. The molecule has 0 saturated carbocycles. The first kappa shape index (κ1) is 21.3. The van der Waals surface area contributed by atoms with Crippen molar-refractivity contribution in [2.45, 2.75) is 25.0 Å². The lowest BCUT2D eigenvalue weighted by Crippen LogP contribution is -2.24. The molecule has 0 saturated heterocycles. The largest absolute Gasteiger partial charge is 0.479 e. The van der Waals surface area contributed by atoms with Crippen molar-refractivity contribution >= 4 is 40.5 Å². The van der Waals surface area contributed by atoms with Gasteiger partial charge in [-0.3, -0.25) is 9.59 Å². The SMILES string of the molecule is CCc1c(C(=O)C(N)=O)c2c(OCC(=O)O)nc(SC)nc2n1Cc1ccccc1. The van der Waals surface area contributed by atoms with Gasteiger partial charge in [0.15, 0.2) is 11.8 Å². The smallest absolute Gasteiger partial charge is 0.341 e. The Labute approximate surface area is 176 Å². The molecule has 0 aliphatic heterocycles. The van der Waals surface area contributed by atoms with E-state index in [9.17, 15) is 14.4 Å². The number of fused-ring (bicyclic) bond motifs is 1.